The molecular formula is C13H14IN3O2. The molecule has 1 fully saturated rings. The molecule has 100 valence electrons. The van der Waals surface area contributed by atoms with Crippen LogP contribution in [0.5, 0.6) is 5.75 Å². The van der Waals surface area contributed by atoms with Crippen molar-refractivity contribution < 1.29 is 9.63 Å². The SMILES string of the molecule is Oc1ccc(I)cc1-c1nc(N2CCCCC2)no1. The molecule has 1 aromatic carbocycles. The summed E-state index contributed by atoms with van der Waals surface area (Å²) in [4.78, 5) is 6.52. The summed E-state index contributed by atoms with van der Waals surface area (Å²) in [5, 5.41) is 13.9. The molecular weight excluding hydrogens is 357 g/mol. The van der Waals surface area contributed by atoms with E-state index in [-0.39, 0.29) is 5.75 Å². The summed E-state index contributed by atoms with van der Waals surface area (Å²) >= 11 is 2.19. The van der Waals surface area contributed by atoms with Gasteiger partial charge in [-0.15, -0.1) is 0 Å². The van der Waals surface area contributed by atoms with E-state index in [0.29, 0.717) is 17.4 Å². The Kier molecular flexibility index (Phi) is 3.58. The molecule has 1 aliphatic heterocycles. The van der Waals surface area contributed by atoms with Crippen molar-refractivity contribution in [3.63, 3.8) is 0 Å². The second kappa shape index (κ2) is 5.36. The van der Waals surface area contributed by atoms with Crippen molar-refractivity contribution in [2.45, 2.75) is 19.3 Å². The van der Waals surface area contributed by atoms with Gasteiger partial charge in [0.25, 0.3) is 11.8 Å². The molecule has 2 heterocycles. The molecule has 1 aromatic heterocycles. The van der Waals surface area contributed by atoms with Gasteiger partial charge >= 0.3 is 0 Å². The minimum absolute atomic E-state index is 0.161. The molecule has 6 heteroatoms. The topological polar surface area (TPSA) is 62.4 Å². The van der Waals surface area contributed by atoms with Gasteiger partial charge in [0.2, 0.25) is 0 Å². The Labute approximate surface area is 124 Å². The van der Waals surface area contributed by atoms with Crippen LogP contribution in [0.25, 0.3) is 11.5 Å². The van der Waals surface area contributed by atoms with Gasteiger partial charge < -0.3 is 14.5 Å². The van der Waals surface area contributed by atoms with E-state index in [2.05, 4.69) is 37.6 Å². The third-order valence-corrected chi connectivity index (χ3v) is 3.91. The first-order chi connectivity index (χ1) is 9.24. The highest BCUT2D eigenvalue weighted by molar-refractivity contribution is 14.1. The van der Waals surface area contributed by atoms with Crippen LogP contribution in [-0.4, -0.2) is 28.3 Å². The lowest BCUT2D eigenvalue weighted by Crippen LogP contribution is -2.30. The predicted molar refractivity (Wildman–Crippen MR) is 80.2 cm³/mol. The van der Waals surface area contributed by atoms with E-state index < -0.39 is 0 Å². The van der Waals surface area contributed by atoms with Crippen LogP contribution in [0.2, 0.25) is 0 Å². The molecule has 0 bridgehead atoms. The summed E-state index contributed by atoms with van der Waals surface area (Å²) in [5.41, 5.74) is 0.586. The molecule has 0 atom stereocenters. The van der Waals surface area contributed by atoms with Gasteiger partial charge in [0.1, 0.15) is 5.75 Å². The van der Waals surface area contributed by atoms with Crippen molar-refractivity contribution in [2.75, 3.05) is 18.0 Å². The van der Waals surface area contributed by atoms with Crippen LogP contribution in [0.4, 0.5) is 5.95 Å². The summed E-state index contributed by atoms with van der Waals surface area (Å²) in [6, 6.07) is 5.31. The molecule has 5 nitrogen and oxygen atoms in total. The van der Waals surface area contributed by atoms with Crippen LogP contribution in [-0.2, 0) is 0 Å². The van der Waals surface area contributed by atoms with Crippen LogP contribution in [0.3, 0.4) is 0 Å². The summed E-state index contributed by atoms with van der Waals surface area (Å²) in [7, 11) is 0. The second-order valence-electron chi connectivity index (χ2n) is 4.61. The molecule has 0 amide bonds. The molecule has 3 rings (SSSR count). The lowest BCUT2D eigenvalue weighted by atomic mass is 10.1. The Balaban J connectivity index is 1.89. The van der Waals surface area contributed by atoms with E-state index in [4.69, 9.17) is 4.52 Å². The van der Waals surface area contributed by atoms with Crippen molar-refractivity contribution in [2.24, 2.45) is 0 Å². The number of aromatic hydroxyl groups is 1. The Bertz CT molecular complexity index is 579. The summed E-state index contributed by atoms with van der Waals surface area (Å²) in [5.74, 6) is 1.15. The normalized spacial score (nSPS) is 15.7. The molecule has 0 radical (unpaired) electrons. The zero-order valence-corrected chi connectivity index (χ0v) is 12.5. The molecule has 19 heavy (non-hydrogen) atoms. The highest BCUT2D eigenvalue weighted by Gasteiger charge is 2.19. The summed E-state index contributed by atoms with van der Waals surface area (Å²) in [6.07, 6.45) is 3.59. The van der Waals surface area contributed by atoms with Gasteiger partial charge in [0.05, 0.1) is 5.56 Å². The third kappa shape index (κ3) is 2.68. The minimum atomic E-state index is 0.161. The number of halogens is 1. The average molecular weight is 371 g/mol. The van der Waals surface area contributed by atoms with E-state index in [1.807, 2.05) is 12.1 Å². The number of piperidine rings is 1. The van der Waals surface area contributed by atoms with Crippen molar-refractivity contribution in [3.8, 4) is 17.2 Å². The monoisotopic (exact) mass is 371 g/mol. The number of hydrogen-bond donors (Lipinski definition) is 1. The van der Waals surface area contributed by atoms with Crippen LogP contribution in [0.15, 0.2) is 22.7 Å². The predicted octanol–water partition coefficient (Wildman–Crippen LogP) is 3.04. The lowest BCUT2D eigenvalue weighted by Gasteiger charge is -2.24. The van der Waals surface area contributed by atoms with E-state index in [0.717, 1.165) is 16.7 Å². The Morgan fingerprint density at radius 2 is 2.00 bits per heavy atom. The Morgan fingerprint density at radius 3 is 2.79 bits per heavy atom. The number of benzene rings is 1. The number of phenolic OH excluding ortho intramolecular Hbond substituents is 1. The molecule has 0 saturated carbocycles. The zero-order chi connectivity index (χ0) is 13.2. The van der Waals surface area contributed by atoms with Crippen LogP contribution in [0.1, 0.15) is 19.3 Å². The molecule has 0 aliphatic carbocycles. The van der Waals surface area contributed by atoms with Gasteiger partial charge in [-0.1, -0.05) is 0 Å². The fourth-order valence-electron chi connectivity index (χ4n) is 2.23. The third-order valence-electron chi connectivity index (χ3n) is 3.24. The fraction of sp³-hybridized carbons (Fsp3) is 0.385. The largest absolute Gasteiger partial charge is 0.507 e. The van der Waals surface area contributed by atoms with Crippen LogP contribution >= 0.6 is 22.6 Å². The maximum Gasteiger partial charge on any atom is 0.266 e. The first-order valence-corrected chi connectivity index (χ1v) is 7.39. The second-order valence-corrected chi connectivity index (χ2v) is 5.85. The maximum atomic E-state index is 9.86. The van der Waals surface area contributed by atoms with Gasteiger partial charge in [0.15, 0.2) is 0 Å². The smallest absolute Gasteiger partial charge is 0.266 e. The molecule has 0 spiro atoms. The number of aromatic nitrogens is 2. The number of rotatable bonds is 2. The maximum absolute atomic E-state index is 9.86. The van der Waals surface area contributed by atoms with Crippen LogP contribution < -0.4 is 4.90 Å². The number of hydrogen-bond acceptors (Lipinski definition) is 5. The molecule has 1 N–H and O–H groups in total. The van der Waals surface area contributed by atoms with Gasteiger partial charge in [-0.3, -0.25) is 0 Å². The Morgan fingerprint density at radius 1 is 1.21 bits per heavy atom. The highest BCUT2D eigenvalue weighted by atomic mass is 127. The van der Waals surface area contributed by atoms with Crippen molar-refractivity contribution in [1.82, 2.24) is 10.1 Å². The Hall–Kier alpha value is -1.31. The first kappa shape index (κ1) is 12.7. The fourth-order valence-corrected chi connectivity index (χ4v) is 2.72. The van der Waals surface area contributed by atoms with Gasteiger partial charge in [-0.05, 0) is 65.2 Å². The first-order valence-electron chi connectivity index (χ1n) is 6.31. The summed E-state index contributed by atoms with van der Waals surface area (Å²) in [6.45, 7) is 1.94. The van der Waals surface area contributed by atoms with Gasteiger partial charge in [-0.2, -0.15) is 4.98 Å². The molecule has 1 aliphatic rings. The molecule has 2 aromatic rings. The van der Waals surface area contributed by atoms with E-state index >= 15 is 0 Å². The van der Waals surface area contributed by atoms with E-state index in [1.54, 1.807) is 6.07 Å². The summed E-state index contributed by atoms with van der Waals surface area (Å²) < 4.78 is 6.29. The number of phenols is 1. The standard InChI is InChI=1S/C13H14IN3O2/c14-9-4-5-11(18)10(8-9)12-15-13(16-19-12)17-6-2-1-3-7-17/h4-5,8,18H,1-3,6-7H2. The van der Waals surface area contributed by atoms with Crippen molar-refractivity contribution in [1.29, 1.82) is 0 Å². The van der Waals surface area contributed by atoms with Crippen LogP contribution in [0, 0.1) is 3.57 Å². The number of nitrogens with zero attached hydrogens (tertiary/aromatic N) is 3. The average Bonchev–Trinajstić information content (AvgIpc) is 2.92. The minimum Gasteiger partial charge on any atom is -0.507 e. The van der Waals surface area contributed by atoms with E-state index in [1.165, 1.54) is 19.3 Å². The van der Waals surface area contributed by atoms with Gasteiger partial charge in [-0.25, -0.2) is 0 Å². The lowest BCUT2D eigenvalue weighted by molar-refractivity contribution is 0.421. The number of anilines is 1. The van der Waals surface area contributed by atoms with Gasteiger partial charge in [0, 0.05) is 16.7 Å². The highest BCUT2D eigenvalue weighted by Crippen LogP contribution is 2.30. The molecule has 1 saturated heterocycles. The zero-order valence-electron chi connectivity index (χ0n) is 10.3. The van der Waals surface area contributed by atoms with Crippen molar-refractivity contribution >= 4 is 28.5 Å². The van der Waals surface area contributed by atoms with E-state index in [9.17, 15) is 5.11 Å². The van der Waals surface area contributed by atoms with Crippen molar-refractivity contribution in [3.05, 3.63) is 21.8 Å². The quantitative estimate of drug-likeness (QED) is 0.823. The molecule has 0 unspecified atom stereocenters.